The summed E-state index contributed by atoms with van der Waals surface area (Å²) in [4.78, 5) is 92.0. The number of carbonyl (C=O) groups is 6. The van der Waals surface area contributed by atoms with Crippen molar-refractivity contribution in [1.29, 1.82) is 0 Å². The van der Waals surface area contributed by atoms with E-state index in [1.54, 1.807) is 4.90 Å². The maximum atomic E-state index is 12.3. The SMILES string of the molecule is Cn1c(C(=O)Cl)cccc1=O.NCCN(CCN)CCOCCOCCN(CCN)CCN.NCCOCCOCCN.O=C(NCCN(CCNC(=O)OCc1ccccc1)CCOCCOCCN(CCNC(=O)OCc1ccccc1)CCNC(=O)OCc1ccccc1)OCc1ccccc1.O=C(OCc1ccccc1)N1CC1. The lowest BCUT2D eigenvalue weighted by atomic mass is 10.2. The predicted octanol–water partition coefficient (Wildman–Crippen LogP) is 4.13. The fourth-order valence-electron chi connectivity index (χ4n) is 10.1. The normalized spacial score (nSPS) is 11.2. The number of pyridine rings is 1. The number of amides is 5. The van der Waals surface area contributed by atoms with Crippen LogP contribution in [-0.4, -0.2) is 301 Å². The van der Waals surface area contributed by atoms with Gasteiger partial charge in [-0.05, 0) is 45.5 Å². The van der Waals surface area contributed by atoms with Crippen molar-refractivity contribution < 1.29 is 80.9 Å². The molecule has 0 saturated carbocycles. The first kappa shape index (κ1) is 103. The Hall–Kier alpha value is -9.28. The fraction of sp³-hybridized carbons (Fsp3) is 0.506. The molecule has 0 spiro atoms. The number of carbonyl (C=O) groups excluding carboxylic acids is 6. The van der Waals surface area contributed by atoms with Crippen LogP contribution in [0.5, 0.6) is 0 Å². The number of ether oxygens (including phenoxy) is 11. The molecule has 1 aromatic heterocycles. The van der Waals surface area contributed by atoms with Crippen LogP contribution in [0, 0.1) is 0 Å². The summed E-state index contributed by atoms with van der Waals surface area (Å²) < 4.78 is 60.5. The largest absolute Gasteiger partial charge is 0.445 e. The van der Waals surface area contributed by atoms with Crippen LogP contribution < -0.4 is 61.2 Å². The average molecular weight is 1670 g/mol. The number of halogens is 1. The lowest BCUT2D eigenvalue weighted by Crippen LogP contribution is -2.41. The Morgan fingerprint density at radius 1 is 0.322 bits per heavy atom. The molecule has 0 aliphatic carbocycles. The number of hydrogen-bond acceptors (Lipinski definition) is 28. The minimum absolute atomic E-state index is 0.172. The Balaban J connectivity index is 0.000000510. The zero-order valence-electron chi connectivity index (χ0n) is 68.5. The zero-order chi connectivity index (χ0) is 85.4. The average Bonchev–Trinajstić information content (AvgIpc) is 1.63. The highest BCUT2D eigenvalue weighted by molar-refractivity contribution is 6.67. The van der Waals surface area contributed by atoms with Gasteiger partial charge in [0.15, 0.2) is 0 Å². The van der Waals surface area contributed by atoms with E-state index in [0.29, 0.717) is 191 Å². The van der Waals surface area contributed by atoms with Crippen molar-refractivity contribution in [3.8, 4) is 0 Å². The molecule has 1 aliphatic heterocycles. The van der Waals surface area contributed by atoms with Gasteiger partial charge in [0.1, 0.15) is 38.7 Å². The maximum absolute atomic E-state index is 12.3. The summed E-state index contributed by atoms with van der Waals surface area (Å²) in [6.07, 6.45) is -2.27. The molecule has 656 valence electrons. The van der Waals surface area contributed by atoms with Gasteiger partial charge in [-0.15, -0.1) is 0 Å². The molecule has 34 nitrogen and oxygen atoms in total. The number of rotatable bonds is 56. The van der Waals surface area contributed by atoms with Crippen LogP contribution in [0.3, 0.4) is 0 Å². The van der Waals surface area contributed by atoms with Crippen LogP contribution >= 0.6 is 11.6 Å². The van der Waals surface area contributed by atoms with Crippen LogP contribution in [0.15, 0.2) is 175 Å². The van der Waals surface area contributed by atoms with Gasteiger partial charge in [0.05, 0.1) is 79.3 Å². The third-order valence-corrected chi connectivity index (χ3v) is 16.8. The maximum Gasteiger partial charge on any atom is 0.410 e. The van der Waals surface area contributed by atoms with Gasteiger partial charge < -0.3 is 117 Å². The minimum Gasteiger partial charge on any atom is -0.445 e. The number of alkyl carbamates (subject to hydrolysis) is 4. The van der Waals surface area contributed by atoms with Gasteiger partial charge in [-0.3, -0.25) is 29.2 Å². The van der Waals surface area contributed by atoms with E-state index in [1.165, 1.54) is 29.8 Å². The predicted molar refractivity (Wildman–Crippen MR) is 454 cm³/mol. The van der Waals surface area contributed by atoms with Crippen molar-refractivity contribution in [2.24, 2.45) is 41.4 Å². The summed E-state index contributed by atoms with van der Waals surface area (Å²) in [5.41, 5.74) is 37.1. The number of benzene rings is 5. The van der Waals surface area contributed by atoms with E-state index in [9.17, 15) is 33.6 Å². The molecule has 1 fully saturated rings. The highest BCUT2D eigenvalue weighted by Crippen LogP contribution is 2.10. The second-order valence-electron chi connectivity index (χ2n) is 25.8. The first-order chi connectivity index (χ1) is 57.6. The molecule has 5 aromatic carbocycles. The van der Waals surface area contributed by atoms with E-state index < -0.39 is 29.6 Å². The highest BCUT2D eigenvalue weighted by Gasteiger charge is 2.25. The smallest absolute Gasteiger partial charge is 0.410 e. The second kappa shape index (κ2) is 70.7. The Morgan fingerprint density at radius 3 is 0.814 bits per heavy atom. The highest BCUT2D eigenvalue weighted by atomic mass is 35.5. The van der Waals surface area contributed by atoms with Gasteiger partial charge in [-0.25, -0.2) is 24.0 Å². The van der Waals surface area contributed by atoms with Crippen molar-refractivity contribution in [2.45, 2.75) is 33.0 Å². The van der Waals surface area contributed by atoms with Crippen molar-refractivity contribution in [1.82, 2.24) is 50.3 Å². The van der Waals surface area contributed by atoms with Gasteiger partial charge in [0.2, 0.25) is 0 Å². The fourth-order valence-corrected chi connectivity index (χ4v) is 10.3. The van der Waals surface area contributed by atoms with Crippen molar-refractivity contribution in [3.05, 3.63) is 214 Å². The molecule has 6 aromatic rings. The number of nitrogens with two attached hydrogens (primary N) is 6. The van der Waals surface area contributed by atoms with E-state index >= 15 is 0 Å². The van der Waals surface area contributed by atoms with Gasteiger partial charge in [-0.1, -0.05) is 158 Å². The molecule has 0 unspecified atom stereocenters. The number of hydrogen-bond donors (Lipinski definition) is 10. The molecule has 0 bridgehead atoms. The van der Waals surface area contributed by atoms with Crippen LogP contribution in [0.2, 0.25) is 0 Å². The Bertz CT molecular complexity index is 3250. The first-order valence-electron chi connectivity index (χ1n) is 39.8. The molecule has 2 heterocycles. The van der Waals surface area contributed by atoms with Gasteiger partial charge in [-0.2, -0.15) is 0 Å². The quantitative estimate of drug-likeness (QED) is 0.0111. The molecule has 118 heavy (non-hydrogen) atoms. The molecular formula is C83H129ClN16O18. The van der Waals surface area contributed by atoms with E-state index in [0.717, 1.165) is 80.2 Å². The van der Waals surface area contributed by atoms with Crippen LogP contribution in [0.25, 0.3) is 0 Å². The van der Waals surface area contributed by atoms with Crippen molar-refractivity contribution >= 4 is 47.3 Å². The van der Waals surface area contributed by atoms with Gasteiger partial charge in [0.25, 0.3) is 10.8 Å². The number of aromatic nitrogens is 1. The summed E-state index contributed by atoms with van der Waals surface area (Å²) in [7, 11) is 1.50. The topological polar surface area (TPSA) is 446 Å². The summed E-state index contributed by atoms with van der Waals surface area (Å²) in [6.45, 7) is 22.5. The second-order valence-corrected chi connectivity index (χ2v) is 26.2. The van der Waals surface area contributed by atoms with E-state index in [4.69, 9.17) is 98.1 Å². The molecular weight excluding hydrogens is 1540 g/mol. The first-order valence-corrected chi connectivity index (χ1v) is 40.1. The third-order valence-electron chi connectivity index (χ3n) is 16.6. The van der Waals surface area contributed by atoms with E-state index in [2.05, 4.69) is 40.9 Å². The van der Waals surface area contributed by atoms with Crippen LogP contribution in [-0.2, 0) is 92.2 Å². The molecule has 5 amide bonds. The summed E-state index contributed by atoms with van der Waals surface area (Å²) in [5, 5.41) is 10.5. The molecule has 35 heteroatoms. The summed E-state index contributed by atoms with van der Waals surface area (Å²) in [5.74, 6) is 0. The van der Waals surface area contributed by atoms with Crippen LogP contribution in [0.1, 0.15) is 38.3 Å². The van der Waals surface area contributed by atoms with Gasteiger partial charge in [0, 0.05) is 170 Å². The Morgan fingerprint density at radius 2 is 0.576 bits per heavy atom. The number of nitrogens with one attached hydrogen (secondary N) is 4. The monoisotopic (exact) mass is 1670 g/mol. The third kappa shape index (κ3) is 56.2. The van der Waals surface area contributed by atoms with E-state index in [1.807, 2.05) is 152 Å². The van der Waals surface area contributed by atoms with Gasteiger partial charge >= 0.3 is 30.5 Å². The standard InChI is InChI=1S/C46H60N6O10.C14H36N6O2.C10H11NO2.C7H6ClNO2.C6H16N2O2/c53-43(59-35-39-13-5-1-6-14-39)47-21-25-51(26-22-48-44(54)60-36-40-15-7-2-8-16-40)29-31-57-33-34-58-32-30-52(27-23-49-45(55)61-37-41-17-9-3-10-18-41)28-24-50-46(56)62-38-42-19-11-4-12-20-42;15-1-5-19(6-2-16)9-11-21-13-14-22-12-10-20(7-3-17)8-4-18;12-10(11-6-7-11)13-8-9-4-2-1-3-5-9;1-9-5(7(8)11)3-2-4-6(9)10;7-1-3-9-5-6-10-4-2-8/h1-20H,21-38H2,(H,47,53)(H,48,54)(H,49,55)(H,50,56);1-18H2;1-5H,6-8H2;2-4H,1H3;1-8H2. The van der Waals surface area contributed by atoms with Crippen molar-refractivity contribution in [2.75, 3.05) is 236 Å². The molecule has 0 atom stereocenters. The molecule has 7 rings (SSSR count). The molecule has 0 radical (unpaired) electrons. The lowest BCUT2D eigenvalue weighted by molar-refractivity contribution is 0.0313. The molecule has 1 aliphatic rings. The lowest BCUT2D eigenvalue weighted by Gasteiger charge is -2.23. The molecule has 16 N–H and O–H groups in total. The summed E-state index contributed by atoms with van der Waals surface area (Å²) >= 11 is 5.18. The molecule has 1 saturated heterocycles. The van der Waals surface area contributed by atoms with E-state index in [-0.39, 0.29) is 43.8 Å². The summed E-state index contributed by atoms with van der Waals surface area (Å²) in [6, 6.07) is 51.8. The van der Waals surface area contributed by atoms with Crippen LogP contribution in [0.4, 0.5) is 24.0 Å². The zero-order valence-corrected chi connectivity index (χ0v) is 69.3. The van der Waals surface area contributed by atoms with Crippen molar-refractivity contribution in [3.63, 3.8) is 0 Å². The Kier molecular flexibility index (Phi) is 61.7. The number of nitrogens with zero attached hydrogens (tertiary/aromatic N) is 6. The minimum atomic E-state index is -0.620. The Labute approximate surface area is 699 Å².